The molecular formula is C13H15BrFN3. The van der Waals surface area contributed by atoms with Crippen LogP contribution >= 0.6 is 15.9 Å². The van der Waals surface area contributed by atoms with E-state index < -0.39 is 0 Å². The van der Waals surface area contributed by atoms with Crippen LogP contribution in [0.5, 0.6) is 0 Å². The maximum absolute atomic E-state index is 13.2. The van der Waals surface area contributed by atoms with Crippen molar-refractivity contribution in [2.45, 2.75) is 6.42 Å². The highest BCUT2D eigenvalue weighted by Crippen LogP contribution is 2.30. The maximum atomic E-state index is 13.2. The summed E-state index contributed by atoms with van der Waals surface area (Å²) in [5.41, 5.74) is 2.67. The van der Waals surface area contributed by atoms with Crippen molar-refractivity contribution in [3.05, 3.63) is 40.2 Å². The van der Waals surface area contributed by atoms with Crippen LogP contribution < -0.4 is 5.32 Å². The smallest absolute Gasteiger partial charge is 0.123 e. The fraction of sp³-hybridized carbons (Fsp3) is 0.308. The number of likely N-dealkylation sites (N-methyl/N-ethyl adjacent to an activating group) is 1. The Morgan fingerprint density at radius 2 is 2.22 bits per heavy atom. The molecule has 0 aliphatic carbocycles. The predicted octanol–water partition coefficient (Wildman–Crippen LogP) is 2.75. The molecule has 0 unspecified atom stereocenters. The summed E-state index contributed by atoms with van der Waals surface area (Å²) in [7, 11) is 3.82. The number of hydrogen-bond donors (Lipinski definition) is 1. The van der Waals surface area contributed by atoms with Crippen LogP contribution in [0.25, 0.3) is 11.3 Å². The van der Waals surface area contributed by atoms with Gasteiger partial charge in [0, 0.05) is 25.6 Å². The van der Waals surface area contributed by atoms with Crippen LogP contribution in [0.4, 0.5) is 4.39 Å². The molecular weight excluding hydrogens is 297 g/mol. The average Bonchev–Trinajstić information content (AvgIpc) is 2.63. The van der Waals surface area contributed by atoms with E-state index in [1.165, 1.54) is 12.1 Å². The van der Waals surface area contributed by atoms with Crippen molar-refractivity contribution in [1.29, 1.82) is 0 Å². The highest BCUT2D eigenvalue weighted by Gasteiger charge is 2.15. The van der Waals surface area contributed by atoms with Gasteiger partial charge in [0.2, 0.25) is 0 Å². The minimum atomic E-state index is -0.248. The number of aryl methyl sites for hydroxylation is 1. The zero-order chi connectivity index (χ0) is 13.1. The van der Waals surface area contributed by atoms with Crippen LogP contribution in [-0.2, 0) is 13.5 Å². The molecule has 0 amide bonds. The quantitative estimate of drug-likeness (QED) is 0.941. The largest absolute Gasteiger partial charge is 0.319 e. The standard InChI is InChI=1S/C13H15BrFN3/c1-16-7-6-11-12(14)13(17-18(11)2)9-4-3-5-10(15)8-9/h3-5,8,16H,6-7H2,1-2H3. The van der Waals surface area contributed by atoms with E-state index in [0.29, 0.717) is 0 Å². The van der Waals surface area contributed by atoms with Crippen LogP contribution in [0, 0.1) is 5.82 Å². The SMILES string of the molecule is CNCCc1c(Br)c(-c2cccc(F)c2)nn1C. The van der Waals surface area contributed by atoms with Crippen molar-refractivity contribution >= 4 is 15.9 Å². The fourth-order valence-electron chi connectivity index (χ4n) is 1.87. The molecule has 1 heterocycles. The molecule has 1 aromatic carbocycles. The van der Waals surface area contributed by atoms with E-state index in [1.54, 1.807) is 6.07 Å². The third-order valence-corrected chi connectivity index (χ3v) is 3.65. The Hall–Kier alpha value is -1.20. The molecule has 96 valence electrons. The average molecular weight is 312 g/mol. The molecule has 0 bridgehead atoms. The van der Waals surface area contributed by atoms with E-state index in [1.807, 2.05) is 24.8 Å². The second-order valence-electron chi connectivity index (χ2n) is 4.10. The lowest BCUT2D eigenvalue weighted by atomic mass is 10.1. The summed E-state index contributed by atoms with van der Waals surface area (Å²) in [6.45, 7) is 0.876. The van der Waals surface area contributed by atoms with Gasteiger partial charge in [-0.05, 0) is 35.1 Å². The monoisotopic (exact) mass is 311 g/mol. The van der Waals surface area contributed by atoms with E-state index in [4.69, 9.17) is 0 Å². The van der Waals surface area contributed by atoms with Crippen LogP contribution in [0.1, 0.15) is 5.69 Å². The van der Waals surface area contributed by atoms with Crippen LogP contribution in [0.15, 0.2) is 28.7 Å². The van der Waals surface area contributed by atoms with E-state index in [9.17, 15) is 4.39 Å². The molecule has 3 nitrogen and oxygen atoms in total. The summed E-state index contributed by atoms with van der Waals surface area (Å²) in [6.07, 6.45) is 0.871. The Morgan fingerprint density at radius 3 is 2.89 bits per heavy atom. The van der Waals surface area contributed by atoms with Gasteiger partial charge in [-0.25, -0.2) is 4.39 Å². The van der Waals surface area contributed by atoms with Crippen LogP contribution in [0.3, 0.4) is 0 Å². The van der Waals surface area contributed by atoms with E-state index >= 15 is 0 Å². The number of nitrogens with zero attached hydrogens (tertiary/aromatic N) is 2. The highest BCUT2D eigenvalue weighted by molar-refractivity contribution is 9.10. The number of nitrogens with one attached hydrogen (secondary N) is 1. The minimum Gasteiger partial charge on any atom is -0.319 e. The maximum Gasteiger partial charge on any atom is 0.123 e. The Balaban J connectivity index is 2.40. The van der Waals surface area contributed by atoms with Crippen LogP contribution in [-0.4, -0.2) is 23.4 Å². The van der Waals surface area contributed by atoms with Crippen molar-refractivity contribution in [1.82, 2.24) is 15.1 Å². The van der Waals surface area contributed by atoms with Crippen molar-refractivity contribution in [2.75, 3.05) is 13.6 Å². The lowest BCUT2D eigenvalue weighted by Gasteiger charge is -2.01. The molecule has 2 aromatic rings. The molecule has 2 rings (SSSR count). The lowest BCUT2D eigenvalue weighted by molar-refractivity contribution is 0.628. The van der Waals surface area contributed by atoms with Gasteiger partial charge in [0.25, 0.3) is 0 Å². The second-order valence-corrected chi connectivity index (χ2v) is 4.89. The van der Waals surface area contributed by atoms with E-state index in [2.05, 4.69) is 26.3 Å². The molecule has 0 aliphatic rings. The molecule has 5 heteroatoms. The molecule has 0 saturated heterocycles. The van der Waals surface area contributed by atoms with Crippen molar-refractivity contribution in [2.24, 2.45) is 7.05 Å². The topological polar surface area (TPSA) is 29.9 Å². The first-order valence-corrected chi connectivity index (χ1v) is 6.54. The molecule has 0 aliphatic heterocycles. The van der Waals surface area contributed by atoms with Gasteiger partial charge in [-0.3, -0.25) is 4.68 Å². The van der Waals surface area contributed by atoms with Gasteiger partial charge in [-0.1, -0.05) is 12.1 Å². The zero-order valence-electron chi connectivity index (χ0n) is 10.4. The fourth-order valence-corrected chi connectivity index (χ4v) is 2.63. The Morgan fingerprint density at radius 1 is 1.44 bits per heavy atom. The third-order valence-electron chi connectivity index (χ3n) is 2.81. The van der Waals surface area contributed by atoms with E-state index in [0.717, 1.165) is 34.4 Å². The second kappa shape index (κ2) is 5.63. The number of rotatable bonds is 4. The van der Waals surface area contributed by atoms with Crippen molar-refractivity contribution in [3.63, 3.8) is 0 Å². The van der Waals surface area contributed by atoms with Gasteiger partial charge in [0.1, 0.15) is 11.5 Å². The molecule has 1 N–H and O–H groups in total. The number of halogens is 2. The Kier molecular flexibility index (Phi) is 4.14. The molecule has 1 aromatic heterocycles. The zero-order valence-corrected chi connectivity index (χ0v) is 12.0. The molecule has 0 fully saturated rings. The Labute approximate surface area is 114 Å². The number of aromatic nitrogens is 2. The summed E-state index contributed by atoms with van der Waals surface area (Å²) in [5, 5.41) is 7.56. The normalized spacial score (nSPS) is 10.9. The van der Waals surface area contributed by atoms with Gasteiger partial charge in [-0.15, -0.1) is 0 Å². The summed E-state index contributed by atoms with van der Waals surface area (Å²) >= 11 is 3.56. The molecule has 18 heavy (non-hydrogen) atoms. The van der Waals surface area contributed by atoms with Crippen molar-refractivity contribution in [3.8, 4) is 11.3 Å². The Bertz CT molecular complexity index is 551. The van der Waals surface area contributed by atoms with Gasteiger partial charge in [0.15, 0.2) is 0 Å². The van der Waals surface area contributed by atoms with Gasteiger partial charge in [-0.2, -0.15) is 5.10 Å². The van der Waals surface area contributed by atoms with Gasteiger partial charge < -0.3 is 5.32 Å². The van der Waals surface area contributed by atoms with Gasteiger partial charge >= 0.3 is 0 Å². The first kappa shape index (κ1) is 13.2. The number of benzene rings is 1. The highest BCUT2D eigenvalue weighted by atomic mass is 79.9. The van der Waals surface area contributed by atoms with Crippen LogP contribution in [0.2, 0.25) is 0 Å². The molecule has 0 atom stereocenters. The summed E-state index contributed by atoms with van der Waals surface area (Å²) in [5.74, 6) is -0.248. The molecule has 0 saturated carbocycles. The third kappa shape index (κ3) is 2.62. The first-order chi connectivity index (χ1) is 8.63. The first-order valence-electron chi connectivity index (χ1n) is 5.75. The summed E-state index contributed by atoms with van der Waals surface area (Å²) in [6, 6.07) is 6.48. The molecule has 0 spiro atoms. The lowest BCUT2D eigenvalue weighted by Crippen LogP contribution is -2.12. The van der Waals surface area contributed by atoms with Crippen molar-refractivity contribution < 1.29 is 4.39 Å². The number of hydrogen-bond acceptors (Lipinski definition) is 2. The minimum absolute atomic E-state index is 0.248. The summed E-state index contributed by atoms with van der Waals surface area (Å²) < 4.78 is 16.0. The predicted molar refractivity (Wildman–Crippen MR) is 73.9 cm³/mol. The molecule has 0 radical (unpaired) electrons. The summed E-state index contributed by atoms with van der Waals surface area (Å²) in [4.78, 5) is 0. The van der Waals surface area contributed by atoms with Gasteiger partial charge in [0.05, 0.1) is 10.2 Å². The van der Waals surface area contributed by atoms with E-state index in [-0.39, 0.29) is 5.82 Å².